The Morgan fingerprint density at radius 1 is 1.55 bits per heavy atom. The fourth-order valence-electron chi connectivity index (χ4n) is 2.69. The molecule has 2 heterocycles. The van der Waals surface area contributed by atoms with Crippen molar-refractivity contribution in [2.45, 2.75) is 44.9 Å². The van der Waals surface area contributed by atoms with Gasteiger partial charge in [0.1, 0.15) is 11.9 Å². The highest BCUT2D eigenvalue weighted by molar-refractivity contribution is 5.76. The Kier molecular flexibility index (Phi) is 5.14. The number of hydrogen-bond acceptors (Lipinski definition) is 4. The van der Waals surface area contributed by atoms with E-state index in [1.807, 2.05) is 29.6 Å². The van der Waals surface area contributed by atoms with Crippen LogP contribution in [0.4, 0.5) is 0 Å². The van der Waals surface area contributed by atoms with Gasteiger partial charge in [-0.05, 0) is 26.8 Å². The summed E-state index contributed by atoms with van der Waals surface area (Å²) < 4.78 is 1.87. The van der Waals surface area contributed by atoms with Crippen molar-refractivity contribution in [3.8, 4) is 0 Å². The molecule has 1 aliphatic rings. The number of carbonyl (C=O) groups excluding carboxylic acids is 1. The lowest BCUT2D eigenvalue weighted by atomic mass is 10.0. The van der Waals surface area contributed by atoms with Crippen molar-refractivity contribution in [1.29, 1.82) is 0 Å². The molecule has 2 rings (SSSR count). The molecule has 1 amide bonds. The Morgan fingerprint density at radius 3 is 2.85 bits per heavy atom. The Bertz CT molecular complexity index is 438. The maximum Gasteiger partial charge on any atom is 0.225 e. The van der Waals surface area contributed by atoms with Crippen LogP contribution >= 0.6 is 0 Å². The molecule has 0 aliphatic carbocycles. The standard InChI is InChI=1S/C14H24N4O2/c1-3-17-9-6-16-14(17)12(19)10-13(20)18-7-4-11(15-2)5-8-18/h6,9,11-12,15,19H,3-5,7-8,10H2,1-2H3. The van der Waals surface area contributed by atoms with Crippen molar-refractivity contribution in [2.24, 2.45) is 0 Å². The van der Waals surface area contributed by atoms with E-state index >= 15 is 0 Å². The van der Waals surface area contributed by atoms with E-state index in [4.69, 9.17) is 0 Å². The number of rotatable bonds is 5. The van der Waals surface area contributed by atoms with Crippen LogP contribution in [0.15, 0.2) is 12.4 Å². The summed E-state index contributed by atoms with van der Waals surface area (Å²) in [6.45, 7) is 4.26. The van der Waals surface area contributed by atoms with E-state index in [9.17, 15) is 9.90 Å². The molecule has 1 aromatic rings. The number of aromatic nitrogens is 2. The molecule has 1 unspecified atom stereocenters. The number of aryl methyl sites for hydroxylation is 1. The zero-order chi connectivity index (χ0) is 14.5. The minimum absolute atomic E-state index is 0.0118. The van der Waals surface area contributed by atoms with E-state index < -0.39 is 6.10 Å². The van der Waals surface area contributed by atoms with E-state index in [2.05, 4.69) is 10.3 Å². The first-order valence-corrected chi connectivity index (χ1v) is 7.29. The topological polar surface area (TPSA) is 70.4 Å². The maximum absolute atomic E-state index is 12.2. The number of nitrogens with zero attached hydrogens (tertiary/aromatic N) is 3. The van der Waals surface area contributed by atoms with Crippen molar-refractivity contribution < 1.29 is 9.90 Å². The van der Waals surface area contributed by atoms with Crippen LogP contribution in [0.1, 0.15) is 38.1 Å². The van der Waals surface area contributed by atoms with Crippen molar-refractivity contribution in [1.82, 2.24) is 19.8 Å². The first kappa shape index (κ1) is 15.0. The van der Waals surface area contributed by atoms with Gasteiger partial charge in [-0.15, -0.1) is 0 Å². The van der Waals surface area contributed by atoms with E-state index in [1.54, 1.807) is 6.20 Å². The Balaban J connectivity index is 1.88. The van der Waals surface area contributed by atoms with Gasteiger partial charge in [-0.2, -0.15) is 0 Å². The second-order valence-corrected chi connectivity index (χ2v) is 5.24. The third-order valence-corrected chi connectivity index (χ3v) is 4.01. The van der Waals surface area contributed by atoms with Gasteiger partial charge in [0.2, 0.25) is 5.91 Å². The molecule has 20 heavy (non-hydrogen) atoms. The van der Waals surface area contributed by atoms with Crippen LogP contribution in [0.2, 0.25) is 0 Å². The van der Waals surface area contributed by atoms with Crippen LogP contribution in [-0.4, -0.2) is 51.6 Å². The number of aliphatic hydroxyl groups excluding tert-OH is 1. The average Bonchev–Trinajstić information content (AvgIpc) is 2.95. The number of carbonyl (C=O) groups is 1. The number of likely N-dealkylation sites (tertiary alicyclic amines) is 1. The summed E-state index contributed by atoms with van der Waals surface area (Å²) in [5, 5.41) is 13.4. The molecule has 0 aromatic carbocycles. The van der Waals surface area contributed by atoms with Crippen molar-refractivity contribution >= 4 is 5.91 Å². The van der Waals surface area contributed by atoms with Gasteiger partial charge in [0, 0.05) is 38.1 Å². The molecule has 1 atom stereocenters. The Hall–Kier alpha value is -1.40. The van der Waals surface area contributed by atoms with Crippen LogP contribution in [0.3, 0.4) is 0 Å². The molecule has 0 spiro atoms. The SMILES string of the molecule is CCn1ccnc1C(O)CC(=O)N1CCC(NC)CC1. The van der Waals surface area contributed by atoms with Gasteiger partial charge in [-0.3, -0.25) is 4.79 Å². The summed E-state index contributed by atoms with van der Waals surface area (Å²) in [6, 6.07) is 0.503. The first-order valence-electron chi connectivity index (χ1n) is 7.29. The smallest absolute Gasteiger partial charge is 0.225 e. The monoisotopic (exact) mass is 280 g/mol. The fourth-order valence-corrected chi connectivity index (χ4v) is 2.69. The number of imidazole rings is 1. The molecule has 1 aromatic heterocycles. The van der Waals surface area contributed by atoms with Gasteiger partial charge in [-0.1, -0.05) is 0 Å². The van der Waals surface area contributed by atoms with Crippen LogP contribution < -0.4 is 5.32 Å². The number of piperidine rings is 1. The Labute approximate surface area is 119 Å². The molecular weight excluding hydrogens is 256 g/mol. The predicted octanol–water partition coefficient (Wildman–Crippen LogP) is 0.537. The van der Waals surface area contributed by atoms with Crippen LogP contribution in [-0.2, 0) is 11.3 Å². The molecule has 2 N–H and O–H groups in total. The lowest BCUT2D eigenvalue weighted by Gasteiger charge is -2.32. The second kappa shape index (κ2) is 6.85. The van der Waals surface area contributed by atoms with Gasteiger partial charge < -0.3 is 19.9 Å². The molecule has 1 saturated heterocycles. The zero-order valence-corrected chi connectivity index (χ0v) is 12.2. The number of nitrogens with one attached hydrogen (secondary N) is 1. The number of amides is 1. The molecule has 1 aliphatic heterocycles. The predicted molar refractivity (Wildman–Crippen MR) is 76.1 cm³/mol. The van der Waals surface area contributed by atoms with Crippen molar-refractivity contribution in [3.63, 3.8) is 0 Å². The van der Waals surface area contributed by atoms with Crippen molar-refractivity contribution in [2.75, 3.05) is 20.1 Å². The van der Waals surface area contributed by atoms with Crippen LogP contribution in [0.25, 0.3) is 0 Å². The molecule has 0 bridgehead atoms. The summed E-state index contributed by atoms with van der Waals surface area (Å²) in [6.07, 6.45) is 4.72. The quantitative estimate of drug-likeness (QED) is 0.826. The van der Waals surface area contributed by atoms with Crippen LogP contribution in [0.5, 0.6) is 0 Å². The third-order valence-electron chi connectivity index (χ3n) is 4.01. The highest BCUT2D eigenvalue weighted by Crippen LogP contribution is 2.18. The number of hydrogen-bond donors (Lipinski definition) is 2. The van der Waals surface area contributed by atoms with Crippen LogP contribution in [0, 0.1) is 0 Å². The highest BCUT2D eigenvalue weighted by Gasteiger charge is 2.25. The van der Waals surface area contributed by atoms with E-state index in [1.165, 1.54) is 0 Å². The molecule has 0 radical (unpaired) electrons. The summed E-state index contributed by atoms with van der Waals surface area (Å²) in [7, 11) is 1.95. The molecule has 1 fully saturated rings. The highest BCUT2D eigenvalue weighted by atomic mass is 16.3. The molecular formula is C14H24N4O2. The van der Waals surface area contributed by atoms with Gasteiger partial charge in [0.15, 0.2) is 0 Å². The summed E-state index contributed by atoms with van der Waals surface area (Å²) in [5.41, 5.74) is 0. The summed E-state index contributed by atoms with van der Waals surface area (Å²) >= 11 is 0. The summed E-state index contributed by atoms with van der Waals surface area (Å²) in [4.78, 5) is 18.2. The normalized spacial score (nSPS) is 18.2. The largest absolute Gasteiger partial charge is 0.385 e. The van der Waals surface area contributed by atoms with Gasteiger partial charge in [0.05, 0.1) is 6.42 Å². The third kappa shape index (κ3) is 3.37. The molecule has 6 heteroatoms. The lowest BCUT2D eigenvalue weighted by molar-refractivity contribution is -0.134. The van der Waals surface area contributed by atoms with Gasteiger partial charge in [0.25, 0.3) is 0 Å². The zero-order valence-electron chi connectivity index (χ0n) is 12.2. The molecule has 0 saturated carbocycles. The Morgan fingerprint density at radius 2 is 2.25 bits per heavy atom. The van der Waals surface area contributed by atoms with Gasteiger partial charge >= 0.3 is 0 Å². The van der Waals surface area contributed by atoms with Gasteiger partial charge in [-0.25, -0.2) is 4.98 Å². The minimum Gasteiger partial charge on any atom is -0.385 e. The minimum atomic E-state index is -0.820. The number of aliphatic hydroxyl groups is 1. The average molecular weight is 280 g/mol. The van der Waals surface area contributed by atoms with E-state index in [-0.39, 0.29) is 12.3 Å². The van der Waals surface area contributed by atoms with E-state index in [0.29, 0.717) is 11.9 Å². The first-order chi connectivity index (χ1) is 9.65. The molecule has 6 nitrogen and oxygen atoms in total. The lowest BCUT2D eigenvalue weighted by Crippen LogP contribution is -2.44. The van der Waals surface area contributed by atoms with E-state index in [0.717, 1.165) is 32.5 Å². The second-order valence-electron chi connectivity index (χ2n) is 5.24. The summed E-state index contributed by atoms with van der Waals surface area (Å²) in [5.74, 6) is 0.587. The maximum atomic E-state index is 12.2. The van der Waals surface area contributed by atoms with Crippen molar-refractivity contribution in [3.05, 3.63) is 18.2 Å². The molecule has 112 valence electrons. The fraction of sp³-hybridized carbons (Fsp3) is 0.714.